The summed E-state index contributed by atoms with van der Waals surface area (Å²) >= 11 is 6.27. The van der Waals surface area contributed by atoms with E-state index in [9.17, 15) is 0 Å². The quantitative estimate of drug-likeness (QED) is 0.589. The Morgan fingerprint density at radius 1 is 1.28 bits per heavy atom. The molecular weight excluding hydrogens is 248 g/mol. The smallest absolute Gasteiger partial charge is 0.0884 e. The van der Waals surface area contributed by atoms with Gasteiger partial charge in [-0.2, -0.15) is 0 Å². The summed E-state index contributed by atoms with van der Waals surface area (Å²) in [6, 6.07) is 7.64. The molecule has 1 aromatic carbocycles. The molecular formula is C14H23ClN2O. The first-order chi connectivity index (χ1) is 8.65. The number of benzene rings is 1. The summed E-state index contributed by atoms with van der Waals surface area (Å²) in [4.78, 5) is 0. The molecule has 18 heavy (non-hydrogen) atoms. The van der Waals surface area contributed by atoms with Gasteiger partial charge in [0, 0.05) is 11.6 Å². The molecule has 0 bridgehead atoms. The van der Waals surface area contributed by atoms with Crippen LogP contribution in [0.15, 0.2) is 24.3 Å². The molecule has 102 valence electrons. The minimum atomic E-state index is -0.325. The van der Waals surface area contributed by atoms with Gasteiger partial charge in [-0.3, -0.25) is 11.3 Å². The number of hydrogen-bond donors (Lipinski definition) is 2. The molecule has 0 aromatic heterocycles. The maximum absolute atomic E-state index is 6.27. The fourth-order valence-corrected chi connectivity index (χ4v) is 2.71. The van der Waals surface area contributed by atoms with Gasteiger partial charge in [-0.25, -0.2) is 0 Å². The summed E-state index contributed by atoms with van der Waals surface area (Å²) in [5.41, 5.74) is 3.54. The Labute approximate surface area is 115 Å². The minimum absolute atomic E-state index is 0.110. The summed E-state index contributed by atoms with van der Waals surface area (Å²) in [6.07, 6.45) is 1.74. The summed E-state index contributed by atoms with van der Waals surface area (Å²) in [6.45, 7) is 6.88. The van der Waals surface area contributed by atoms with Crippen LogP contribution in [0, 0.1) is 0 Å². The van der Waals surface area contributed by atoms with Crippen molar-refractivity contribution in [3.05, 3.63) is 34.9 Å². The molecule has 1 unspecified atom stereocenters. The Morgan fingerprint density at radius 2 is 1.89 bits per heavy atom. The lowest BCUT2D eigenvalue weighted by molar-refractivity contribution is -0.0733. The van der Waals surface area contributed by atoms with Crippen molar-refractivity contribution >= 4 is 11.6 Å². The fourth-order valence-electron chi connectivity index (χ4n) is 2.47. The van der Waals surface area contributed by atoms with E-state index < -0.39 is 0 Å². The van der Waals surface area contributed by atoms with E-state index in [1.807, 2.05) is 31.2 Å². The third-order valence-corrected chi connectivity index (χ3v) is 3.88. The molecule has 0 saturated carbocycles. The predicted octanol–water partition coefficient (Wildman–Crippen LogP) is 3.44. The number of nitrogens with one attached hydrogen (secondary N) is 1. The normalized spacial score (nSPS) is 13.6. The molecule has 0 aliphatic rings. The SMILES string of the molecule is CCOC(CC)(CC)C(NN)c1ccccc1Cl. The Bertz CT molecular complexity index is 367. The van der Waals surface area contributed by atoms with Gasteiger partial charge < -0.3 is 4.74 Å². The molecule has 3 N–H and O–H groups in total. The second-order valence-electron chi connectivity index (χ2n) is 4.33. The molecule has 0 aliphatic carbocycles. The zero-order valence-electron chi connectivity index (χ0n) is 11.4. The number of hydrogen-bond acceptors (Lipinski definition) is 3. The lowest BCUT2D eigenvalue weighted by Gasteiger charge is -2.39. The van der Waals surface area contributed by atoms with Crippen LogP contribution in [0.5, 0.6) is 0 Å². The highest BCUT2D eigenvalue weighted by molar-refractivity contribution is 6.31. The first-order valence-corrected chi connectivity index (χ1v) is 6.87. The van der Waals surface area contributed by atoms with Crippen LogP contribution in [-0.4, -0.2) is 12.2 Å². The molecule has 0 amide bonds. The first kappa shape index (κ1) is 15.4. The van der Waals surface area contributed by atoms with Crippen molar-refractivity contribution in [2.24, 2.45) is 5.84 Å². The fraction of sp³-hybridized carbons (Fsp3) is 0.571. The summed E-state index contributed by atoms with van der Waals surface area (Å²) < 4.78 is 5.99. The van der Waals surface area contributed by atoms with Crippen LogP contribution in [0.3, 0.4) is 0 Å². The van der Waals surface area contributed by atoms with Gasteiger partial charge in [0.25, 0.3) is 0 Å². The largest absolute Gasteiger partial charge is 0.373 e. The molecule has 1 aromatic rings. The minimum Gasteiger partial charge on any atom is -0.373 e. The topological polar surface area (TPSA) is 47.3 Å². The van der Waals surface area contributed by atoms with Gasteiger partial charge in [0.1, 0.15) is 0 Å². The van der Waals surface area contributed by atoms with E-state index in [0.29, 0.717) is 11.6 Å². The molecule has 3 nitrogen and oxygen atoms in total. The van der Waals surface area contributed by atoms with E-state index in [0.717, 1.165) is 18.4 Å². The Kier molecular flexibility index (Phi) is 6.09. The third-order valence-electron chi connectivity index (χ3n) is 3.54. The van der Waals surface area contributed by atoms with E-state index in [1.165, 1.54) is 0 Å². The zero-order chi connectivity index (χ0) is 13.6. The molecule has 1 rings (SSSR count). The van der Waals surface area contributed by atoms with E-state index in [-0.39, 0.29) is 11.6 Å². The molecule has 1 atom stereocenters. The average Bonchev–Trinajstić information content (AvgIpc) is 2.40. The summed E-state index contributed by atoms with van der Waals surface area (Å²) in [5.74, 6) is 5.75. The molecule has 0 spiro atoms. The Morgan fingerprint density at radius 3 is 2.33 bits per heavy atom. The van der Waals surface area contributed by atoms with Crippen molar-refractivity contribution in [1.29, 1.82) is 0 Å². The third kappa shape index (κ3) is 3.04. The number of ether oxygens (including phenoxy) is 1. The van der Waals surface area contributed by atoms with Gasteiger partial charge in [-0.15, -0.1) is 0 Å². The van der Waals surface area contributed by atoms with Crippen LogP contribution in [0.2, 0.25) is 5.02 Å². The van der Waals surface area contributed by atoms with Crippen LogP contribution in [0.25, 0.3) is 0 Å². The van der Waals surface area contributed by atoms with E-state index in [2.05, 4.69) is 19.3 Å². The first-order valence-electron chi connectivity index (χ1n) is 6.49. The number of nitrogens with two attached hydrogens (primary N) is 1. The van der Waals surface area contributed by atoms with Gasteiger partial charge in [0.05, 0.1) is 11.6 Å². The highest BCUT2D eigenvalue weighted by Gasteiger charge is 2.37. The van der Waals surface area contributed by atoms with Gasteiger partial charge >= 0.3 is 0 Å². The van der Waals surface area contributed by atoms with Crippen LogP contribution in [0.1, 0.15) is 45.2 Å². The highest BCUT2D eigenvalue weighted by atomic mass is 35.5. The summed E-state index contributed by atoms with van der Waals surface area (Å²) in [7, 11) is 0. The van der Waals surface area contributed by atoms with Crippen molar-refractivity contribution in [3.8, 4) is 0 Å². The van der Waals surface area contributed by atoms with Crippen molar-refractivity contribution in [2.45, 2.75) is 45.3 Å². The van der Waals surface area contributed by atoms with Crippen molar-refractivity contribution in [2.75, 3.05) is 6.61 Å². The zero-order valence-corrected chi connectivity index (χ0v) is 12.1. The average molecular weight is 271 g/mol. The molecule has 4 heteroatoms. The van der Waals surface area contributed by atoms with Crippen LogP contribution in [0.4, 0.5) is 0 Å². The molecule has 0 aliphatic heterocycles. The Hall–Kier alpha value is -0.610. The Balaban J connectivity index is 3.17. The number of hydrazine groups is 1. The van der Waals surface area contributed by atoms with Gasteiger partial charge in [0.2, 0.25) is 0 Å². The number of rotatable bonds is 7. The van der Waals surface area contributed by atoms with Crippen molar-refractivity contribution in [3.63, 3.8) is 0 Å². The van der Waals surface area contributed by atoms with Gasteiger partial charge in [-0.1, -0.05) is 43.6 Å². The summed E-state index contributed by atoms with van der Waals surface area (Å²) in [5, 5.41) is 0.714. The monoisotopic (exact) mass is 270 g/mol. The van der Waals surface area contributed by atoms with Crippen molar-refractivity contribution in [1.82, 2.24) is 5.43 Å². The van der Waals surface area contributed by atoms with Gasteiger partial charge in [0.15, 0.2) is 0 Å². The van der Waals surface area contributed by atoms with Gasteiger partial charge in [-0.05, 0) is 31.4 Å². The van der Waals surface area contributed by atoms with Crippen LogP contribution >= 0.6 is 11.6 Å². The molecule has 0 heterocycles. The molecule has 0 radical (unpaired) electrons. The van der Waals surface area contributed by atoms with E-state index in [4.69, 9.17) is 22.2 Å². The second kappa shape index (κ2) is 7.10. The standard InChI is InChI=1S/C14H23ClN2O/c1-4-14(5-2,18-6-3)13(17-16)11-9-7-8-10-12(11)15/h7-10,13,17H,4-6,16H2,1-3H3. The molecule has 0 saturated heterocycles. The van der Waals surface area contributed by atoms with E-state index in [1.54, 1.807) is 0 Å². The van der Waals surface area contributed by atoms with E-state index >= 15 is 0 Å². The molecule has 0 fully saturated rings. The lowest BCUT2D eigenvalue weighted by atomic mass is 9.84. The maximum Gasteiger partial charge on any atom is 0.0884 e. The van der Waals surface area contributed by atoms with Crippen molar-refractivity contribution < 1.29 is 4.74 Å². The predicted molar refractivity (Wildman–Crippen MR) is 76.5 cm³/mol. The maximum atomic E-state index is 6.27. The van der Waals surface area contributed by atoms with Crippen LogP contribution < -0.4 is 11.3 Å². The second-order valence-corrected chi connectivity index (χ2v) is 4.73. The highest BCUT2D eigenvalue weighted by Crippen LogP contribution is 2.37. The lowest BCUT2D eigenvalue weighted by Crippen LogP contribution is -2.48. The number of halogens is 1. The van der Waals surface area contributed by atoms with Crippen LogP contribution in [-0.2, 0) is 4.74 Å².